The summed E-state index contributed by atoms with van der Waals surface area (Å²) in [7, 11) is 0. The second-order valence-electron chi connectivity index (χ2n) is 6.39. The molecule has 2 heterocycles. The lowest BCUT2D eigenvalue weighted by atomic mass is 10.2. The summed E-state index contributed by atoms with van der Waals surface area (Å²) in [4.78, 5) is 16.3. The van der Waals surface area contributed by atoms with Crippen LogP contribution in [0.1, 0.15) is 6.92 Å². The van der Waals surface area contributed by atoms with E-state index in [-0.39, 0.29) is 36.5 Å². The molecule has 0 spiro atoms. The minimum atomic E-state index is -4.79. The number of carboxylic acids is 1. The zero-order chi connectivity index (χ0) is 23.3. The summed E-state index contributed by atoms with van der Waals surface area (Å²) in [6.07, 6.45) is -3.31. The van der Waals surface area contributed by atoms with Crippen LogP contribution in [0.5, 0.6) is 16.7 Å². The molecule has 0 saturated carbocycles. The summed E-state index contributed by atoms with van der Waals surface area (Å²) in [5.41, 5.74) is 0. The first-order chi connectivity index (χ1) is 15.1. The van der Waals surface area contributed by atoms with Crippen LogP contribution in [0.2, 0.25) is 0 Å². The average molecular weight is 538 g/mol. The fourth-order valence-corrected chi connectivity index (χ4v) is 3.30. The molecule has 0 radical (unpaired) electrons. The van der Waals surface area contributed by atoms with E-state index in [0.717, 1.165) is 22.2 Å². The van der Waals surface area contributed by atoms with Gasteiger partial charge >= 0.3 is 12.3 Å². The van der Waals surface area contributed by atoms with E-state index in [1.165, 1.54) is 18.3 Å². The van der Waals surface area contributed by atoms with Gasteiger partial charge in [-0.1, -0.05) is 18.3 Å². The fraction of sp³-hybridized carbons (Fsp3) is 0.353. The Kier molecular flexibility index (Phi) is 7.50. The predicted molar refractivity (Wildman–Crippen MR) is 108 cm³/mol. The standard InChI is InChI=1S/C17H15BrF3N5O5S/c1-9(7-29-12-4-10(2-3-11(12)18)31-17(19,20)21)8-30-16-22-5-13(32-16)15-23-25-26(24-15)6-14(27)28/h2-5,9H,6-8H2,1H3,(H,27,28)/t9-/m0/s1. The number of alkyl halides is 3. The van der Waals surface area contributed by atoms with Crippen molar-refractivity contribution in [1.82, 2.24) is 25.2 Å². The molecular weight excluding hydrogens is 523 g/mol. The Labute approximate surface area is 191 Å². The molecule has 0 amide bonds. The SMILES string of the molecule is C[C@H](COc1ncc(-c2nnn(CC(=O)O)n2)s1)COc1cc(OC(F)(F)F)ccc1Br. The second-order valence-corrected chi connectivity index (χ2v) is 8.24. The average Bonchev–Trinajstić information content (AvgIpc) is 3.34. The first-order valence-electron chi connectivity index (χ1n) is 8.86. The maximum absolute atomic E-state index is 12.4. The van der Waals surface area contributed by atoms with Crippen LogP contribution in [0.4, 0.5) is 13.2 Å². The van der Waals surface area contributed by atoms with Crippen LogP contribution in [-0.2, 0) is 11.3 Å². The molecule has 0 saturated heterocycles. The molecule has 1 atom stereocenters. The van der Waals surface area contributed by atoms with Crippen molar-refractivity contribution in [3.05, 3.63) is 28.9 Å². The van der Waals surface area contributed by atoms with Crippen molar-refractivity contribution in [3.8, 4) is 27.4 Å². The van der Waals surface area contributed by atoms with Crippen molar-refractivity contribution in [2.45, 2.75) is 19.8 Å². The van der Waals surface area contributed by atoms with Gasteiger partial charge in [-0.3, -0.25) is 4.79 Å². The smallest absolute Gasteiger partial charge is 0.492 e. The maximum atomic E-state index is 12.4. The van der Waals surface area contributed by atoms with Crippen LogP contribution in [0.15, 0.2) is 28.9 Å². The summed E-state index contributed by atoms with van der Waals surface area (Å²) in [6, 6.07) is 3.71. The molecule has 0 bridgehead atoms. The Balaban J connectivity index is 1.50. The molecule has 0 unspecified atom stereocenters. The van der Waals surface area contributed by atoms with E-state index in [2.05, 4.69) is 41.1 Å². The molecule has 32 heavy (non-hydrogen) atoms. The summed E-state index contributed by atoms with van der Waals surface area (Å²) in [5.74, 6) is -1.18. The van der Waals surface area contributed by atoms with Gasteiger partial charge in [-0.2, -0.15) is 4.80 Å². The minimum Gasteiger partial charge on any atom is -0.492 e. The third kappa shape index (κ3) is 7.05. The molecule has 0 fully saturated rings. The first-order valence-corrected chi connectivity index (χ1v) is 10.5. The zero-order valence-electron chi connectivity index (χ0n) is 16.2. The molecule has 3 aromatic rings. The fourth-order valence-electron chi connectivity index (χ4n) is 2.24. The number of aromatic nitrogens is 5. The van der Waals surface area contributed by atoms with Crippen molar-refractivity contribution in [3.63, 3.8) is 0 Å². The topological polar surface area (TPSA) is 121 Å². The largest absolute Gasteiger partial charge is 0.573 e. The molecule has 172 valence electrons. The van der Waals surface area contributed by atoms with E-state index in [9.17, 15) is 18.0 Å². The number of ether oxygens (including phenoxy) is 3. The van der Waals surface area contributed by atoms with Gasteiger partial charge in [0.25, 0.3) is 5.19 Å². The van der Waals surface area contributed by atoms with Crippen LogP contribution in [0.3, 0.4) is 0 Å². The minimum absolute atomic E-state index is 0.129. The van der Waals surface area contributed by atoms with Crippen molar-refractivity contribution in [1.29, 1.82) is 0 Å². The van der Waals surface area contributed by atoms with Gasteiger partial charge in [0.15, 0.2) is 6.54 Å². The van der Waals surface area contributed by atoms with Crippen LogP contribution in [-0.4, -0.2) is 55.8 Å². The molecule has 0 aliphatic carbocycles. The third-order valence-corrected chi connectivity index (χ3v) is 5.15. The molecule has 3 rings (SSSR count). The van der Waals surface area contributed by atoms with E-state index in [1.54, 1.807) is 0 Å². The van der Waals surface area contributed by atoms with Gasteiger partial charge in [-0.05, 0) is 33.3 Å². The lowest BCUT2D eigenvalue weighted by molar-refractivity contribution is -0.274. The Bertz CT molecular complexity index is 1080. The number of aliphatic carboxylic acids is 1. The highest BCUT2D eigenvalue weighted by atomic mass is 79.9. The number of nitrogens with zero attached hydrogens (tertiary/aromatic N) is 5. The van der Waals surface area contributed by atoms with Crippen molar-refractivity contribution in [2.75, 3.05) is 13.2 Å². The normalized spacial score (nSPS) is 12.4. The van der Waals surface area contributed by atoms with Crippen molar-refractivity contribution in [2.24, 2.45) is 5.92 Å². The lowest BCUT2D eigenvalue weighted by Crippen LogP contribution is -2.18. The Morgan fingerprint density at radius 2 is 2.06 bits per heavy atom. The molecule has 15 heteroatoms. The molecule has 0 aliphatic heterocycles. The maximum Gasteiger partial charge on any atom is 0.573 e. The van der Waals surface area contributed by atoms with Gasteiger partial charge in [0.05, 0.1) is 28.8 Å². The number of rotatable bonds is 10. The summed E-state index contributed by atoms with van der Waals surface area (Å²) >= 11 is 4.38. The highest BCUT2D eigenvalue weighted by Gasteiger charge is 2.31. The zero-order valence-corrected chi connectivity index (χ0v) is 18.6. The Morgan fingerprint density at radius 3 is 2.78 bits per heavy atom. The van der Waals surface area contributed by atoms with Crippen LogP contribution >= 0.6 is 27.3 Å². The molecule has 10 nitrogen and oxygen atoms in total. The van der Waals surface area contributed by atoms with Crippen molar-refractivity contribution < 1.29 is 37.3 Å². The number of hydrogen-bond donors (Lipinski definition) is 1. The predicted octanol–water partition coefficient (Wildman–Crippen LogP) is 3.64. The van der Waals surface area contributed by atoms with Crippen LogP contribution in [0, 0.1) is 5.92 Å². The summed E-state index contributed by atoms with van der Waals surface area (Å²) in [5, 5.41) is 20.4. The van der Waals surface area contributed by atoms with Gasteiger partial charge in [0, 0.05) is 12.0 Å². The quantitative estimate of drug-likeness (QED) is 0.413. The van der Waals surface area contributed by atoms with Crippen LogP contribution < -0.4 is 14.2 Å². The number of carbonyl (C=O) groups is 1. The monoisotopic (exact) mass is 537 g/mol. The summed E-state index contributed by atoms with van der Waals surface area (Å²) in [6.45, 7) is 1.81. The highest BCUT2D eigenvalue weighted by Crippen LogP contribution is 2.32. The van der Waals surface area contributed by atoms with E-state index < -0.39 is 18.9 Å². The number of benzene rings is 1. The summed E-state index contributed by atoms with van der Waals surface area (Å²) < 4.78 is 52.7. The van der Waals surface area contributed by atoms with Gasteiger partial charge in [0.2, 0.25) is 5.82 Å². The molecule has 2 aromatic heterocycles. The van der Waals surface area contributed by atoms with Crippen LogP contribution in [0.25, 0.3) is 10.7 Å². The van der Waals surface area contributed by atoms with E-state index in [4.69, 9.17) is 14.6 Å². The number of tetrazole rings is 1. The molecule has 0 aliphatic rings. The lowest BCUT2D eigenvalue weighted by Gasteiger charge is -2.15. The Hall–Kier alpha value is -2.94. The molecular formula is C17H15BrF3N5O5S. The third-order valence-electron chi connectivity index (χ3n) is 3.59. The van der Waals surface area contributed by atoms with E-state index in [1.807, 2.05) is 6.92 Å². The van der Waals surface area contributed by atoms with Gasteiger partial charge in [0.1, 0.15) is 11.5 Å². The second kappa shape index (κ2) is 10.1. The van der Waals surface area contributed by atoms with Crippen molar-refractivity contribution >= 4 is 33.2 Å². The molecule has 1 aromatic carbocycles. The van der Waals surface area contributed by atoms with E-state index >= 15 is 0 Å². The number of halogens is 4. The number of carboxylic acid groups (broad SMARTS) is 1. The molecule has 1 N–H and O–H groups in total. The van der Waals surface area contributed by atoms with Gasteiger partial charge in [-0.25, -0.2) is 4.98 Å². The van der Waals surface area contributed by atoms with Gasteiger partial charge in [-0.15, -0.1) is 23.4 Å². The highest BCUT2D eigenvalue weighted by molar-refractivity contribution is 9.10. The Morgan fingerprint density at radius 1 is 1.31 bits per heavy atom. The van der Waals surface area contributed by atoms with E-state index in [0.29, 0.717) is 14.5 Å². The van der Waals surface area contributed by atoms with Gasteiger partial charge < -0.3 is 19.3 Å². The first kappa shape index (κ1) is 23.7. The number of hydrogen-bond acceptors (Lipinski definition) is 9. The number of thiazole rings is 1.